The number of ether oxygens (including phenoxy) is 1. The second-order valence-electron chi connectivity index (χ2n) is 8.33. The fourth-order valence-corrected chi connectivity index (χ4v) is 4.81. The Hall–Kier alpha value is -3.16. The van der Waals surface area contributed by atoms with Gasteiger partial charge in [0.1, 0.15) is 12.3 Å². The first kappa shape index (κ1) is 24.0. The number of methoxy groups -OCH3 is 1. The number of fused-ring (bicyclic) bond motifs is 1. The molecule has 0 N–H and O–H groups in total. The van der Waals surface area contributed by atoms with Gasteiger partial charge < -0.3 is 4.74 Å². The van der Waals surface area contributed by atoms with Crippen molar-refractivity contribution in [1.82, 2.24) is 10.0 Å². The van der Waals surface area contributed by atoms with Crippen molar-refractivity contribution in [3.05, 3.63) is 75.3 Å². The zero-order valence-corrected chi connectivity index (χ0v) is 20.1. The number of nitrogens with zero attached hydrogens (tertiary/aromatic N) is 2. The highest BCUT2D eigenvalue weighted by Crippen LogP contribution is 2.39. The van der Waals surface area contributed by atoms with Crippen molar-refractivity contribution in [1.29, 1.82) is 0 Å². The van der Waals surface area contributed by atoms with Gasteiger partial charge in [-0.2, -0.15) is 5.01 Å². The molecule has 176 valence electrons. The molecule has 0 bridgehead atoms. The molecule has 0 unspecified atom stereocenters. The standard InChI is InChI=1S/C25H22Cl2N2O5/c1-14-6-8-18-20(10-14)25(33)29(24(18)32)28(23(31)19-9-7-16(26)12-21(19)27)13-22(30)15-4-3-5-17(11-15)34-2/h3-7,9,11-12,18,20H,8,10,13H2,1-2H3/t18-,20+/m1/s1. The maximum absolute atomic E-state index is 13.6. The van der Waals surface area contributed by atoms with E-state index in [-0.39, 0.29) is 16.1 Å². The van der Waals surface area contributed by atoms with Gasteiger partial charge in [-0.25, -0.2) is 5.01 Å². The SMILES string of the molecule is COc1cccc(C(=O)CN(C(=O)c2ccc(Cl)cc2Cl)N2C(=O)[C@H]3CC(C)=CC[C@H]3C2=O)c1. The van der Waals surface area contributed by atoms with Gasteiger partial charge >= 0.3 is 0 Å². The maximum atomic E-state index is 13.6. The maximum Gasteiger partial charge on any atom is 0.274 e. The van der Waals surface area contributed by atoms with Crippen LogP contribution in [0.15, 0.2) is 54.1 Å². The number of allylic oxidation sites excluding steroid dienone is 2. The highest BCUT2D eigenvalue weighted by atomic mass is 35.5. The number of hydrogen-bond donors (Lipinski definition) is 0. The van der Waals surface area contributed by atoms with Crippen LogP contribution in [-0.4, -0.2) is 47.2 Å². The molecule has 4 rings (SSSR count). The summed E-state index contributed by atoms with van der Waals surface area (Å²) in [6.07, 6.45) is 2.77. The van der Waals surface area contributed by atoms with Crippen LogP contribution in [0.4, 0.5) is 0 Å². The molecule has 0 aromatic heterocycles. The molecule has 2 aromatic carbocycles. The summed E-state index contributed by atoms with van der Waals surface area (Å²) in [5, 5.41) is 2.09. The Balaban J connectivity index is 1.72. The number of carbonyl (C=O) groups excluding carboxylic acids is 4. The number of Topliss-reactive ketones (excluding diaryl/α,β-unsaturated/α-hetero) is 1. The molecule has 1 aliphatic heterocycles. The lowest BCUT2D eigenvalue weighted by Crippen LogP contribution is -2.52. The molecule has 34 heavy (non-hydrogen) atoms. The summed E-state index contributed by atoms with van der Waals surface area (Å²) >= 11 is 12.2. The van der Waals surface area contributed by atoms with E-state index in [1.807, 2.05) is 13.0 Å². The molecule has 1 fully saturated rings. The van der Waals surface area contributed by atoms with E-state index in [0.717, 1.165) is 15.6 Å². The molecule has 7 nitrogen and oxygen atoms in total. The second-order valence-corrected chi connectivity index (χ2v) is 9.18. The van der Waals surface area contributed by atoms with Crippen molar-refractivity contribution in [2.24, 2.45) is 11.8 Å². The van der Waals surface area contributed by atoms with Gasteiger partial charge in [0.05, 0.1) is 29.5 Å². The second kappa shape index (κ2) is 9.60. The molecule has 0 saturated carbocycles. The van der Waals surface area contributed by atoms with Crippen molar-refractivity contribution in [3.63, 3.8) is 0 Å². The molecule has 1 aliphatic carbocycles. The van der Waals surface area contributed by atoms with Crippen molar-refractivity contribution in [2.75, 3.05) is 13.7 Å². The van der Waals surface area contributed by atoms with Crippen molar-refractivity contribution in [3.8, 4) is 5.75 Å². The van der Waals surface area contributed by atoms with Crippen LogP contribution in [-0.2, 0) is 9.59 Å². The van der Waals surface area contributed by atoms with Crippen LogP contribution in [0.5, 0.6) is 5.75 Å². The third-order valence-corrected chi connectivity index (χ3v) is 6.67. The Morgan fingerprint density at radius 3 is 2.53 bits per heavy atom. The van der Waals surface area contributed by atoms with E-state index >= 15 is 0 Å². The first-order chi connectivity index (χ1) is 16.2. The lowest BCUT2D eigenvalue weighted by atomic mass is 9.82. The summed E-state index contributed by atoms with van der Waals surface area (Å²) in [5.74, 6) is -2.90. The van der Waals surface area contributed by atoms with Crippen molar-refractivity contribution in [2.45, 2.75) is 19.8 Å². The van der Waals surface area contributed by atoms with Crippen molar-refractivity contribution >= 4 is 46.7 Å². The Morgan fingerprint density at radius 2 is 1.82 bits per heavy atom. The minimum atomic E-state index is -0.747. The number of ketones is 1. The number of amides is 3. The zero-order valence-electron chi connectivity index (χ0n) is 18.6. The molecule has 1 saturated heterocycles. The smallest absolute Gasteiger partial charge is 0.274 e. The summed E-state index contributed by atoms with van der Waals surface area (Å²) in [6, 6.07) is 10.7. The largest absolute Gasteiger partial charge is 0.497 e. The topological polar surface area (TPSA) is 84.0 Å². The summed E-state index contributed by atoms with van der Waals surface area (Å²) < 4.78 is 5.17. The van der Waals surface area contributed by atoms with E-state index in [1.165, 1.54) is 31.4 Å². The fourth-order valence-electron chi connectivity index (χ4n) is 4.32. The van der Waals surface area contributed by atoms with Gasteiger partial charge in [0.25, 0.3) is 17.7 Å². The third-order valence-electron chi connectivity index (χ3n) is 6.12. The summed E-state index contributed by atoms with van der Waals surface area (Å²) in [5.41, 5.74) is 1.30. The highest BCUT2D eigenvalue weighted by molar-refractivity contribution is 6.36. The lowest BCUT2D eigenvalue weighted by molar-refractivity contribution is -0.154. The summed E-state index contributed by atoms with van der Waals surface area (Å²) in [6.45, 7) is 1.37. The van der Waals surface area contributed by atoms with E-state index in [2.05, 4.69) is 0 Å². The predicted octanol–water partition coefficient (Wildman–Crippen LogP) is 4.58. The minimum absolute atomic E-state index is 0.0225. The molecule has 0 radical (unpaired) electrons. The number of halogens is 2. The van der Waals surface area contributed by atoms with Crippen LogP contribution in [0.25, 0.3) is 0 Å². The van der Waals surface area contributed by atoms with Crippen LogP contribution >= 0.6 is 23.2 Å². The average molecular weight is 501 g/mol. The van der Waals surface area contributed by atoms with Crippen LogP contribution in [0.3, 0.4) is 0 Å². The third kappa shape index (κ3) is 4.45. The molecule has 2 atom stereocenters. The highest BCUT2D eigenvalue weighted by Gasteiger charge is 2.51. The van der Waals surface area contributed by atoms with Crippen LogP contribution in [0.1, 0.15) is 40.5 Å². The van der Waals surface area contributed by atoms with Gasteiger partial charge in [0, 0.05) is 10.6 Å². The van der Waals surface area contributed by atoms with E-state index in [9.17, 15) is 19.2 Å². The molecule has 3 amide bonds. The fraction of sp³-hybridized carbons (Fsp3) is 0.280. The Labute approximate surface area is 206 Å². The van der Waals surface area contributed by atoms with Crippen LogP contribution in [0, 0.1) is 11.8 Å². The Bertz CT molecular complexity index is 1230. The quantitative estimate of drug-likeness (QED) is 0.329. The number of hydrazine groups is 1. The number of rotatable bonds is 6. The number of hydrogen-bond acceptors (Lipinski definition) is 5. The molecule has 2 aromatic rings. The zero-order chi connectivity index (χ0) is 24.6. The lowest BCUT2D eigenvalue weighted by Gasteiger charge is -2.30. The first-order valence-electron chi connectivity index (χ1n) is 10.7. The average Bonchev–Trinajstić information content (AvgIpc) is 3.06. The van der Waals surface area contributed by atoms with Gasteiger partial charge in [-0.15, -0.1) is 0 Å². The number of benzene rings is 2. The molecule has 2 aliphatic rings. The number of imide groups is 1. The van der Waals surface area contributed by atoms with Gasteiger partial charge in [0.15, 0.2) is 5.78 Å². The number of carbonyl (C=O) groups is 4. The van der Waals surface area contributed by atoms with E-state index in [0.29, 0.717) is 23.6 Å². The van der Waals surface area contributed by atoms with Gasteiger partial charge in [-0.3, -0.25) is 19.2 Å². The Morgan fingerprint density at radius 1 is 1.09 bits per heavy atom. The molecule has 0 spiro atoms. The normalized spacial score (nSPS) is 19.5. The van der Waals surface area contributed by atoms with E-state index in [1.54, 1.807) is 18.2 Å². The van der Waals surface area contributed by atoms with E-state index < -0.39 is 41.9 Å². The molecule has 9 heteroatoms. The minimum Gasteiger partial charge on any atom is -0.497 e. The summed E-state index contributed by atoms with van der Waals surface area (Å²) in [7, 11) is 1.47. The van der Waals surface area contributed by atoms with Crippen molar-refractivity contribution < 1.29 is 23.9 Å². The summed E-state index contributed by atoms with van der Waals surface area (Å²) in [4.78, 5) is 53.4. The van der Waals surface area contributed by atoms with Gasteiger partial charge in [-0.05, 0) is 50.1 Å². The molecular weight excluding hydrogens is 479 g/mol. The van der Waals surface area contributed by atoms with Crippen LogP contribution in [0.2, 0.25) is 10.0 Å². The monoisotopic (exact) mass is 500 g/mol. The van der Waals surface area contributed by atoms with Gasteiger partial charge in [0.2, 0.25) is 0 Å². The first-order valence-corrected chi connectivity index (χ1v) is 11.4. The molecular formula is C25H22Cl2N2O5. The Kier molecular flexibility index (Phi) is 6.77. The van der Waals surface area contributed by atoms with Crippen LogP contribution < -0.4 is 4.74 Å². The molecule has 1 heterocycles. The van der Waals surface area contributed by atoms with Gasteiger partial charge in [-0.1, -0.05) is 47.0 Å². The van der Waals surface area contributed by atoms with E-state index in [4.69, 9.17) is 27.9 Å². The predicted molar refractivity (Wildman–Crippen MR) is 127 cm³/mol.